The molecule has 1 unspecified atom stereocenters. The fourth-order valence-corrected chi connectivity index (χ4v) is 3.35. The summed E-state index contributed by atoms with van der Waals surface area (Å²) in [4.78, 5) is 33.3. The third-order valence-electron chi connectivity index (χ3n) is 4.68. The number of hydrogen-bond donors (Lipinski definition) is 2. The van der Waals surface area contributed by atoms with Crippen molar-refractivity contribution in [1.82, 2.24) is 9.88 Å². The molecule has 7 nitrogen and oxygen atoms in total. The molecule has 1 fully saturated rings. The van der Waals surface area contributed by atoms with Crippen LogP contribution in [0.5, 0.6) is 0 Å². The number of carbonyl (C=O) groups is 2. The Bertz CT molecular complexity index is 809. The van der Waals surface area contributed by atoms with Gasteiger partial charge in [-0.15, -0.1) is 0 Å². The topological polar surface area (TPSA) is 77.6 Å². The maximum absolute atomic E-state index is 12.9. The van der Waals surface area contributed by atoms with Gasteiger partial charge in [0.1, 0.15) is 5.82 Å². The van der Waals surface area contributed by atoms with Gasteiger partial charge in [-0.3, -0.25) is 9.59 Å². The zero-order valence-electron chi connectivity index (χ0n) is 16.4. The Morgan fingerprint density at radius 2 is 1.82 bits per heavy atom. The minimum Gasteiger partial charge on any atom is -0.356 e. The number of hydrogen-bond acceptors (Lipinski definition) is 5. The Morgan fingerprint density at radius 3 is 2.50 bits per heavy atom. The number of aromatic nitrogens is 1. The molecule has 1 aromatic heterocycles. The fraction of sp³-hybridized carbons (Fsp3) is 0.381. The summed E-state index contributed by atoms with van der Waals surface area (Å²) in [5.74, 6) is 0.623. The van der Waals surface area contributed by atoms with Gasteiger partial charge in [0.25, 0.3) is 0 Å². The third-order valence-corrected chi connectivity index (χ3v) is 4.68. The molecule has 3 rings (SSSR count). The van der Waals surface area contributed by atoms with Gasteiger partial charge in [0.15, 0.2) is 0 Å². The first kappa shape index (κ1) is 19.8. The van der Waals surface area contributed by atoms with E-state index >= 15 is 0 Å². The Labute approximate surface area is 165 Å². The van der Waals surface area contributed by atoms with Gasteiger partial charge >= 0.3 is 0 Å². The molecule has 1 aliphatic rings. The number of rotatable bonds is 6. The molecule has 2 aromatic rings. The highest BCUT2D eigenvalue weighted by atomic mass is 16.2. The molecule has 1 aromatic carbocycles. The van der Waals surface area contributed by atoms with Crippen molar-refractivity contribution in [3.05, 3.63) is 48.7 Å². The van der Waals surface area contributed by atoms with Crippen molar-refractivity contribution in [2.45, 2.75) is 12.8 Å². The van der Waals surface area contributed by atoms with Crippen LogP contribution >= 0.6 is 0 Å². The summed E-state index contributed by atoms with van der Waals surface area (Å²) in [6.07, 6.45) is 3.55. The molecule has 0 saturated carbocycles. The van der Waals surface area contributed by atoms with E-state index in [2.05, 4.69) is 20.5 Å². The smallest absolute Gasteiger partial charge is 0.238 e. The first-order chi connectivity index (χ1) is 13.5. The summed E-state index contributed by atoms with van der Waals surface area (Å²) in [6.45, 7) is 1.82. The van der Waals surface area contributed by atoms with Gasteiger partial charge in [0.2, 0.25) is 11.8 Å². The molecule has 0 spiro atoms. The van der Waals surface area contributed by atoms with E-state index in [1.807, 2.05) is 50.5 Å². The minimum atomic E-state index is -0.124. The van der Waals surface area contributed by atoms with Crippen LogP contribution in [-0.2, 0) is 9.59 Å². The van der Waals surface area contributed by atoms with Crippen LogP contribution in [0, 0.1) is 5.92 Å². The summed E-state index contributed by atoms with van der Waals surface area (Å²) in [5.41, 5.74) is 1.23. The van der Waals surface area contributed by atoms with Crippen molar-refractivity contribution in [3.63, 3.8) is 0 Å². The molecule has 1 saturated heterocycles. The lowest BCUT2D eigenvalue weighted by Gasteiger charge is -2.33. The number of amides is 2. The number of piperidine rings is 1. The van der Waals surface area contributed by atoms with Crippen LogP contribution in [0.2, 0.25) is 0 Å². The second-order valence-corrected chi connectivity index (χ2v) is 7.29. The minimum absolute atomic E-state index is 0.0325. The fourth-order valence-electron chi connectivity index (χ4n) is 3.35. The number of likely N-dealkylation sites (N-methyl/N-ethyl adjacent to an activating group) is 1. The lowest BCUT2D eigenvalue weighted by atomic mass is 9.97. The average Bonchev–Trinajstić information content (AvgIpc) is 2.69. The lowest BCUT2D eigenvalue weighted by molar-refractivity contribution is -0.120. The highest BCUT2D eigenvalue weighted by molar-refractivity contribution is 6.00. The number of anilines is 3. The van der Waals surface area contributed by atoms with Crippen LogP contribution in [0.25, 0.3) is 0 Å². The molecule has 2 heterocycles. The average molecular weight is 381 g/mol. The normalized spacial score (nSPS) is 16.7. The molecule has 28 heavy (non-hydrogen) atoms. The highest BCUT2D eigenvalue weighted by Gasteiger charge is 2.27. The first-order valence-corrected chi connectivity index (χ1v) is 9.53. The molecule has 0 radical (unpaired) electrons. The highest BCUT2D eigenvalue weighted by Crippen LogP contribution is 2.25. The summed E-state index contributed by atoms with van der Waals surface area (Å²) in [7, 11) is 3.67. The van der Waals surface area contributed by atoms with Crippen LogP contribution in [0.4, 0.5) is 17.2 Å². The molecule has 1 atom stereocenters. The Hall–Kier alpha value is -2.93. The van der Waals surface area contributed by atoms with E-state index < -0.39 is 0 Å². The van der Waals surface area contributed by atoms with Gasteiger partial charge in [0, 0.05) is 19.3 Å². The monoisotopic (exact) mass is 381 g/mol. The number of nitrogens with one attached hydrogen (secondary N) is 2. The van der Waals surface area contributed by atoms with Crippen molar-refractivity contribution in [1.29, 1.82) is 0 Å². The molecule has 7 heteroatoms. The third kappa shape index (κ3) is 5.29. The molecule has 148 valence electrons. The van der Waals surface area contributed by atoms with Crippen molar-refractivity contribution in [3.8, 4) is 0 Å². The van der Waals surface area contributed by atoms with E-state index in [-0.39, 0.29) is 24.3 Å². The van der Waals surface area contributed by atoms with E-state index in [1.165, 1.54) is 0 Å². The molecular formula is C21H27N5O2. The number of pyridine rings is 1. The second kappa shape index (κ2) is 9.32. The number of benzene rings is 1. The molecule has 2 N–H and O–H groups in total. The maximum Gasteiger partial charge on any atom is 0.238 e. The largest absolute Gasteiger partial charge is 0.356 e. The number of nitrogens with zero attached hydrogens (tertiary/aromatic N) is 3. The molecule has 1 aliphatic heterocycles. The van der Waals surface area contributed by atoms with Gasteiger partial charge in [-0.1, -0.05) is 18.2 Å². The standard InChI is InChI=1S/C21H27N5O2/c1-25(2)15-20(27)23-17-9-3-4-10-18(17)24-21(28)16-8-7-13-26(14-16)19-11-5-6-12-22-19/h3-6,9-12,16H,7-8,13-15H2,1-2H3,(H,23,27)(H,24,28). The van der Waals surface area contributed by atoms with E-state index in [9.17, 15) is 9.59 Å². The van der Waals surface area contributed by atoms with Crippen molar-refractivity contribution in [2.75, 3.05) is 49.3 Å². The van der Waals surface area contributed by atoms with Crippen molar-refractivity contribution in [2.24, 2.45) is 5.92 Å². The van der Waals surface area contributed by atoms with Gasteiger partial charge < -0.3 is 20.4 Å². The van der Waals surface area contributed by atoms with Crippen LogP contribution < -0.4 is 15.5 Å². The van der Waals surface area contributed by atoms with Crippen LogP contribution in [0.3, 0.4) is 0 Å². The predicted octanol–water partition coefficient (Wildman–Crippen LogP) is 2.44. The van der Waals surface area contributed by atoms with Crippen LogP contribution in [0.15, 0.2) is 48.7 Å². The predicted molar refractivity (Wildman–Crippen MR) is 111 cm³/mol. The SMILES string of the molecule is CN(C)CC(=O)Nc1ccccc1NC(=O)C1CCCN(c2ccccn2)C1. The molecule has 0 aliphatic carbocycles. The summed E-state index contributed by atoms with van der Waals surface area (Å²) in [5, 5.41) is 5.87. The summed E-state index contributed by atoms with van der Waals surface area (Å²) < 4.78 is 0. The Morgan fingerprint density at radius 1 is 1.11 bits per heavy atom. The van der Waals surface area contributed by atoms with E-state index in [0.717, 1.165) is 25.2 Å². The molecular weight excluding hydrogens is 354 g/mol. The zero-order chi connectivity index (χ0) is 19.9. The van der Waals surface area contributed by atoms with E-state index in [1.54, 1.807) is 17.2 Å². The Kier molecular flexibility index (Phi) is 6.60. The van der Waals surface area contributed by atoms with Gasteiger partial charge in [-0.2, -0.15) is 0 Å². The number of para-hydroxylation sites is 2. The number of carbonyl (C=O) groups excluding carboxylic acids is 2. The Balaban J connectivity index is 1.65. The summed E-state index contributed by atoms with van der Waals surface area (Å²) >= 11 is 0. The van der Waals surface area contributed by atoms with Gasteiger partial charge in [0.05, 0.1) is 23.8 Å². The van der Waals surface area contributed by atoms with E-state index in [4.69, 9.17) is 0 Å². The van der Waals surface area contributed by atoms with E-state index in [0.29, 0.717) is 17.9 Å². The molecule has 2 amide bonds. The lowest BCUT2D eigenvalue weighted by Crippen LogP contribution is -2.41. The quantitative estimate of drug-likeness (QED) is 0.804. The zero-order valence-corrected chi connectivity index (χ0v) is 16.4. The summed E-state index contributed by atoms with van der Waals surface area (Å²) in [6, 6.07) is 13.1. The second-order valence-electron chi connectivity index (χ2n) is 7.29. The maximum atomic E-state index is 12.9. The first-order valence-electron chi connectivity index (χ1n) is 9.53. The van der Waals surface area contributed by atoms with Crippen molar-refractivity contribution < 1.29 is 9.59 Å². The van der Waals surface area contributed by atoms with Crippen LogP contribution in [0.1, 0.15) is 12.8 Å². The van der Waals surface area contributed by atoms with Crippen LogP contribution in [-0.4, -0.2) is 55.4 Å². The van der Waals surface area contributed by atoms with Crippen molar-refractivity contribution >= 4 is 29.0 Å². The molecule has 0 bridgehead atoms. The van der Waals surface area contributed by atoms with Gasteiger partial charge in [-0.25, -0.2) is 4.98 Å². The van der Waals surface area contributed by atoms with Gasteiger partial charge in [-0.05, 0) is 51.2 Å².